The van der Waals surface area contributed by atoms with E-state index in [4.69, 9.17) is 10.5 Å². The molecule has 0 spiro atoms. The van der Waals surface area contributed by atoms with Crippen molar-refractivity contribution in [3.05, 3.63) is 34.6 Å². The van der Waals surface area contributed by atoms with Crippen molar-refractivity contribution in [3.63, 3.8) is 0 Å². The first-order valence-electron chi connectivity index (χ1n) is 5.29. The second-order valence-corrected chi connectivity index (χ2v) is 4.52. The van der Waals surface area contributed by atoms with Gasteiger partial charge in [-0.15, -0.1) is 0 Å². The third kappa shape index (κ3) is 2.53. The van der Waals surface area contributed by atoms with Gasteiger partial charge >= 0.3 is 0 Å². The molecule has 0 fully saturated rings. The number of nitrogens with one attached hydrogen (secondary N) is 1. The fourth-order valence-electron chi connectivity index (χ4n) is 1.46. The van der Waals surface area contributed by atoms with Crippen LogP contribution in [-0.4, -0.2) is 17.1 Å². The maximum absolute atomic E-state index is 5.71. The minimum absolute atomic E-state index is 0.396. The highest BCUT2D eigenvalue weighted by Gasteiger charge is 2.08. The summed E-state index contributed by atoms with van der Waals surface area (Å²) in [6.45, 7) is 2.00. The maximum Gasteiger partial charge on any atom is 0.150 e. The molecular formula is C12H13BrN4O. The van der Waals surface area contributed by atoms with Crippen molar-refractivity contribution in [2.75, 3.05) is 18.2 Å². The van der Waals surface area contributed by atoms with Crippen LogP contribution in [0.1, 0.15) is 5.56 Å². The fraction of sp³-hybridized carbons (Fsp3) is 0.167. The summed E-state index contributed by atoms with van der Waals surface area (Å²) < 4.78 is 5.84. The number of halogens is 1. The molecule has 3 N–H and O–H groups in total. The van der Waals surface area contributed by atoms with E-state index in [1.165, 1.54) is 6.33 Å². The topological polar surface area (TPSA) is 73.1 Å². The van der Waals surface area contributed by atoms with Crippen molar-refractivity contribution in [3.8, 4) is 5.75 Å². The van der Waals surface area contributed by atoms with E-state index in [9.17, 15) is 0 Å². The summed E-state index contributed by atoms with van der Waals surface area (Å²) >= 11 is 3.35. The molecule has 18 heavy (non-hydrogen) atoms. The molecule has 0 saturated heterocycles. The normalized spacial score (nSPS) is 10.2. The van der Waals surface area contributed by atoms with Crippen LogP contribution < -0.4 is 15.8 Å². The minimum Gasteiger partial charge on any atom is -0.497 e. The molecule has 0 saturated carbocycles. The quantitative estimate of drug-likeness (QED) is 0.912. The van der Waals surface area contributed by atoms with E-state index in [0.717, 1.165) is 17.0 Å². The van der Waals surface area contributed by atoms with Crippen molar-refractivity contribution >= 4 is 33.3 Å². The van der Waals surface area contributed by atoms with Gasteiger partial charge < -0.3 is 15.8 Å². The van der Waals surface area contributed by atoms with E-state index in [0.29, 0.717) is 16.1 Å². The molecule has 0 unspecified atom stereocenters. The number of nitrogen functional groups attached to an aromatic ring is 1. The summed E-state index contributed by atoms with van der Waals surface area (Å²) in [5, 5.41) is 3.20. The first kappa shape index (κ1) is 12.6. The number of aromatic nitrogens is 2. The predicted molar refractivity (Wildman–Crippen MR) is 75.2 cm³/mol. The Bertz CT molecular complexity index is 574. The summed E-state index contributed by atoms with van der Waals surface area (Å²) in [5.41, 5.74) is 7.70. The van der Waals surface area contributed by atoms with Crippen LogP contribution in [0.3, 0.4) is 0 Å². The Hall–Kier alpha value is -1.82. The average Bonchev–Trinajstić information content (AvgIpc) is 2.37. The Kier molecular flexibility index (Phi) is 3.66. The maximum atomic E-state index is 5.71. The number of ether oxygens (including phenoxy) is 1. The lowest BCUT2D eigenvalue weighted by Crippen LogP contribution is -2.01. The van der Waals surface area contributed by atoms with E-state index >= 15 is 0 Å². The Morgan fingerprint density at radius 2 is 2.11 bits per heavy atom. The standard InChI is InChI=1S/C12H13BrN4O/c1-7-3-4-8(18-2)5-9(7)17-12-10(13)11(14)15-6-16-12/h3-6H,1-2H3,(H3,14,15,16,17). The van der Waals surface area contributed by atoms with Gasteiger partial charge in [0.25, 0.3) is 0 Å². The van der Waals surface area contributed by atoms with Crippen molar-refractivity contribution in [1.29, 1.82) is 0 Å². The summed E-state index contributed by atoms with van der Waals surface area (Å²) in [6.07, 6.45) is 1.41. The number of nitrogens with zero attached hydrogens (tertiary/aromatic N) is 2. The van der Waals surface area contributed by atoms with Gasteiger partial charge in [-0.1, -0.05) is 6.07 Å². The lowest BCUT2D eigenvalue weighted by molar-refractivity contribution is 0.415. The van der Waals surface area contributed by atoms with E-state index in [2.05, 4.69) is 31.2 Å². The number of hydrogen-bond donors (Lipinski definition) is 2. The monoisotopic (exact) mass is 308 g/mol. The van der Waals surface area contributed by atoms with E-state index < -0.39 is 0 Å². The molecule has 6 heteroatoms. The van der Waals surface area contributed by atoms with Gasteiger partial charge in [0.2, 0.25) is 0 Å². The largest absolute Gasteiger partial charge is 0.497 e. The van der Waals surface area contributed by atoms with Crippen molar-refractivity contribution < 1.29 is 4.74 Å². The molecule has 5 nitrogen and oxygen atoms in total. The molecule has 2 aromatic rings. The molecule has 0 radical (unpaired) electrons. The van der Waals surface area contributed by atoms with Crippen LogP contribution in [0, 0.1) is 6.92 Å². The lowest BCUT2D eigenvalue weighted by atomic mass is 10.2. The van der Waals surface area contributed by atoms with Crippen LogP contribution in [0.5, 0.6) is 5.75 Å². The summed E-state index contributed by atoms with van der Waals surface area (Å²) in [4.78, 5) is 8.03. The first-order chi connectivity index (χ1) is 8.61. The number of hydrogen-bond acceptors (Lipinski definition) is 5. The lowest BCUT2D eigenvalue weighted by Gasteiger charge is -2.12. The van der Waals surface area contributed by atoms with E-state index in [1.54, 1.807) is 7.11 Å². The molecule has 1 aromatic carbocycles. The third-order valence-electron chi connectivity index (χ3n) is 2.51. The second kappa shape index (κ2) is 5.22. The third-order valence-corrected chi connectivity index (χ3v) is 3.30. The highest BCUT2D eigenvalue weighted by atomic mass is 79.9. The molecule has 1 heterocycles. The van der Waals surface area contributed by atoms with Gasteiger partial charge in [-0.05, 0) is 34.5 Å². The first-order valence-corrected chi connectivity index (χ1v) is 6.08. The number of rotatable bonds is 3. The van der Waals surface area contributed by atoms with E-state index in [1.807, 2.05) is 25.1 Å². The van der Waals surface area contributed by atoms with Crippen LogP contribution in [0.4, 0.5) is 17.3 Å². The molecule has 0 amide bonds. The summed E-state index contributed by atoms with van der Waals surface area (Å²) in [5.74, 6) is 1.80. The summed E-state index contributed by atoms with van der Waals surface area (Å²) in [6, 6.07) is 5.78. The number of methoxy groups -OCH3 is 1. The van der Waals surface area contributed by atoms with Gasteiger partial charge in [0.1, 0.15) is 28.2 Å². The summed E-state index contributed by atoms with van der Waals surface area (Å²) in [7, 11) is 1.63. The van der Waals surface area contributed by atoms with Gasteiger partial charge in [0.15, 0.2) is 0 Å². The number of benzene rings is 1. The van der Waals surface area contributed by atoms with Crippen LogP contribution in [-0.2, 0) is 0 Å². The van der Waals surface area contributed by atoms with Gasteiger partial charge in [-0.25, -0.2) is 9.97 Å². The SMILES string of the molecule is COc1ccc(C)c(Nc2ncnc(N)c2Br)c1. The highest BCUT2D eigenvalue weighted by molar-refractivity contribution is 9.10. The van der Waals surface area contributed by atoms with Crippen molar-refractivity contribution in [1.82, 2.24) is 9.97 Å². The number of aryl methyl sites for hydroxylation is 1. The Balaban J connectivity index is 2.36. The van der Waals surface area contributed by atoms with Crippen LogP contribution in [0.15, 0.2) is 29.0 Å². The molecule has 94 valence electrons. The molecule has 0 aliphatic carbocycles. The minimum atomic E-state index is 0.396. The van der Waals surface area contributed by atoms with Crippen molar-refractivity contribution in [2.45, 2.75) is 6.92 Å². The van der Waals surface area contributed by atoms with Gasteiger partial charge in [0.05, 0.1) is 7.11 Å². The Morgan fingerprint density at radius 1 is 1.33 bits per heavy atom. The highest BCUT2D eigenvalue weighted by Crippen LogP contribution is 2.30. The fourth-order valence-corrected chi connectivity index (χ4v) is 1.76. The molecule has 0 atom stereocenters. The zero-order chi connectivity index (χ0) is 13.1. The molecular weight excluding hydrogens is 296 g/mol. The van der Waals surface area contributed by atoms with Crippen LogP contribution in [0.2, 0.25) is 0 Å². The Labute approximate surface area is 114 Å². The van der Waals surface area contributed by atoms with Gasteiger partial charge in [-0.3, -0.25) is 0 Å². The van der Waals surface area contributed by atoms with Gasteiger partial charge in [-0.2, -0.15) is 0 Å². The molecule has 1 aromatic heterocycles. The molecule has 0 aliphatic heterocycles. The number of nitrogens with two attached hydrogens (primary N) is 1. The van der Waals surface area contributed by atoms with Crippen LogP contribution >= 0.6 is 15.9 Å². The predicted octanol–water partition coefficient (Wildman–Crippen LogP) is 2.88. The van der Waals surface area contributed by atoms with Gasteiger partial charge in [0, 0.05) is 11.8 Å². The molecule has 0 aliphatic rings. The van der Waals surface area contributed by atoms with E-state index in [-0.39, 0.29) is 0 Å². The smallest absolute Gasteiger partial charge is 0.150 e. The second-order valence-electron chi connectivity index (χ2n) is 3.73. The Morgan fingerprint density at radius 3 is 2.83 bits per heavy atom. The zero-order valence-electron chi connectivity index (χ0n) is 10.1. The molecule has 2 rings (SSSR count). The van der Waals surface area contributed by atoms with Crippen molar-refractivity contribution in [2.24, 2.45) is 0 Å². The zero-order valence-corrected chi connectivity index (χ0v) is 11.7. The molecule has 0 bridgehead atoms. The number of anilines is 3. The van der Waals surface area contributed by atoms with Crippen LogP contribution in [0.25, 0.3) is 0 Å². The average molecular weight is 309 g/mol.